The van der Waals surface area contributed by atoms with Gasteiger partial charge < -0.3 is 4.90 Å². The summed E-state index contributed by atoms with van der Waals surface area (Å²) in [5.41, 5.74) is 4.03. The lowest BCUT2D eigenvalue weighted by atomic mass is 10.1. The Labute approximate surface area is 139 Å². The maximum Gasteiger partial charge on any atom is 0.247 e. The standard InChI is InChI=1S/C15H22BrN5O/c1-9-13(11(3)20(6)17-9)7-19(5)15(22)12(4)21-8-14(16)10(2)18-21/h8,12H,7H2,1-6H3/t12-/m0/s1. The van der Waals surface area contributed by atoms with E-state index in [1.54, 1.807) is 9.58 Å². The molecule has 0 aliphatic carbocycles. The van der Waals surface area contributed by atoms with Crippen molar-refractivity contribution in [3.05, 3.63) is 33.3 Å². The second-order valence-electron chi connectivity index (χ2n) is 5.69. The minimum absolute atomic E-state index is 0.0256. The van der Waals surface area contributed by atoms with Gasteiger partial charge in [0.15, 0.2) is 0 Å². The van der Waals surface area contributed by atoms with Gasteiger partial charge in [-0.15, -0.1) is 0 Å². The van der Waals surface area contributed by atoms with Crippen molar-refractivity contribution in [1.29, 1.82) is 0 Å². The smallest absolute Gasteiger partial charge is 0.247 e. The Hall–Kier alpha value is -1.63. The van der Waals surface area contributed by atoms with Crippen molar-refractivity contribution in [1.82, 2.24) is 24.5 Å². The molecule has 0 spiro atoms. The highest BCUT2D eigenvalue weighted by Crippen LogP contribution is 2.19. The van der Waals surface area contributed by atoms with E-state index in [9.17, 15) is 4.79 Å². The summed E-state index contributed by atoms with van der Waals surface area (Å²) in [6.07, 6.45) is 1.84. The zero-order chi connectivity index (χ0) is 16.6. The van der Waals surface area contributed by atoms with E-state index in [4.69, 9.17) is 0 Å². The van der Waals surface area contributed by atoms with Crippen molar-refractivity contribution in [2.45, 2.75) is 40.3 Å². The van der Waals surface area contributed by atoms with Crippen molar-refractivity contribution in [3.8, 4) is 0 Å². The second kappa shape index (κ2) is 6.24. The molecule has 0 unspecified atom stereocenters. The van der Waals surface area contributed by atoms with E-state index in [1.165, 1.54) is 0 Å². The average molecular weight is 368 g/mol. The van der Waals surface area contributed by atoms with Gasteiger partial charge in [0.1, 0.15) is 6.04 Å². The Morgan fingerprint density at radius 1 is 1.32 bits per heavy atom. The van der Waals surface area contributed by atoms with E-state index >= 15 is 0 Å². The minimum atomic E-state index is -0.340. The molecule has 0 saturated heterocycles. The molecule has 2 rings (SSSR count). The molecule has 1 amide bonds. The van der Waals surface area contributed by atoms with Crippen molar-refractivity contribution in [2.75, 3.05) is 7.05 Å². The van der Waals surface area contributed by atoms with Gasteiger partial charge in [0.25, 0.3) is 0 Å². The van der Waals surface area contributed by atoms with E-state index < -0.39 is 0 Å². The van der Waals surface area contributed by atoms with Crippen LogP contribution in [0.3, 0.4) is 0 Å². The monoisotopic (exact) mass is 367 g/mol. The molecule has 2 heterocycles. The number of carbonyl (C=O) groups is 1. The lowest BCUT2D eigenvalue weighted by Crippen LogP contribution is -2.33. The van der Waals surface area contributed by atoms with Crippen molar-refractivity contribution in [3.63, 3.8) is 0 Å². The van der Waals surface area contributed by atoms with Crippen LogP contribution in [0.2, 0.25) is 0 Å². The van der Waals surface area contributed by atoms with Crippen LogP contribution in [0.4, 0.5) is 0 Å². The predicted molar refractivity (Wildman–Crippen MR) is 88.5 cm³/mol. The molecule has 0 N–H and O–H groups in total. The summed E-state index contributed by atoms with van der Waals surface area (Å²) in [5.74, 6) is 0.0256. The molecule has 0 fully saturated rings. The summed E-state index contributed by atoms with van der Waals surface area (Å²) in [6, 6.07) is -0.340. The molecular weight excluding hydrogens is 346 g/mol. The molecule has 0 aliphatic heterocycles. The highest BCUT2D eigenvalue weighted by atomic mass is 79.9. The SMILES string of the molecule is Cc1nn([C@@H](C)C(=O)N(C)Cc2c(C)nn(C)c2C)cc1Br. The largest absolute Gasteiger partial charge is 0.339 e. The summed E-state index contributed by atoms with van der Waals surface area (Å²) in [7, 11) is 3.73. The summed E-state index contributed by atoms with van der Waals surface area (Å²) >= 11 is 3.43. The van der Waals surface area contributed by atoms with E-state index in [1.807, 2.05) is 52.7 Å². The first kappa shape index (κ1) is 16.7. The minimum Gasteiger partial charge on any atom is -0.339 e. The number of rotatable bonds is 4. The maximum atomic E-state index is 12.6. The first-order valence-electron chi connectivity index (χ1n) is 7.17. The number of hydrogen-bond acceptors (Lipinski definition) is 3. The zero-order valence-electron chi connectivity index (χ0n) is 13.9. The Morgan fingerprint density at radius 2 is 1.95 bits per heavy atom. The molecule has 0 aromatic carbocycles. The summed E-state index contributed by atoms with van der Waals surface area (Å²) < 4.78 is 4.45. The third-order valence-electron chi connectivity index (χ3n) is 4.04. The fourth-order valence-corrected chi connectivity index (χ4v) is 2.74. The highest BCUT2D eigenvalue weighted by Gasteiger charge is 2.22. The van der Waals surface area contributed by atoms with E-state index in [2.05, 4.69) is 26.1 Å². The molecule has 2 aromatic heterocycles. The lowest BCUT2D eigenvalue weighted by molar-refractivity contribution is -0.133. The second-order valence-corrected chi connectivity index (χ2v) is 6.54. The molecule has 6 nitrogen and oxygen atoms in total. The molecule has 0 saturated carbocycles. The fourth-order valence-electron chi connectivity index (χ4n) is 2.45. The number of carbonyl (C=O) groups excluding carboxylic acids is 1. The molecule has 0 bridgehead atoms. The Balaban J connectivity index is 2.15. The quantitative estimate of drug-likeness (QED) is 0.833. The van der Waals surface area contributed by atoms with Gasteiger partial charge in [0, 0.05) is 38.1 Å². The van der Waals surface area contributed by atoms with Gasteiger partial charge in [-0.1, -0.05) is 0 Å². The maximum absolute atomic E-state index is 12.6. The van der Waals surface area contributed by atoms with Crippen LogP contribution >= 0.6 is 15.9 Å². The van der Waals surface area contributed by atoms with Gasteiger partial charge in [-0.3, -0.25) is 14.2 Å². The number of amides is 1. The summed E-state index contributed by atoms with van der Waals surface area (Å²) in [4.78, 5) is 14.3. The van der Waals surface area contributed by atoms with Gasteiger partial charge >= 0.3 is 0 Å². The number of aromatic nitrogens is 4. The molecule has 0 radical (unpaired) electrons. The molecular formula is C15H22BrN5O. The van der Waals surface area contributed by atoms with E-state index in [-0.39, 0.29) is 11.9 Å². The van der Waals surface area contributed by atoms with E-state index in [0.717, 1.165) is 27.1 Å². The van der Waals surface area contributed by atoms with Crippen LogP contribution < -0.4 is 0 Å². The molecule has 1 atom stereocenters. The molecule has 7 heteroatoms. The van der Waals surface area contributed by atoms with Crippen molar-refractivity contribution >= 4 is 21.8 Å². The van der Waals surface area contributed by atoms with Crippen LogP contribution in [0.5, 0.6) is 0 Å². The lowest BCUT2D eigenvalue weighted by Gasteiger charge is -2.22. The highest BCUT2D eigenvalue weighted by molar-refractivity contribution is 9.10. The number of nitrogens with zero attached hydrogens (tertiary/aromatic N) is 5. The molecule has 2 aromatic rings. The van der Waals surface area contributed by atoms with Crippen LogP contribution in [0.25, 0.3) is 0 Å². The third-order valence-corrected chi connectivity index (χ3v) is 4.82. The topological polar surface area (TPSA) is 56.0 Å². The number of hydrogen-bond donors (Lipinski definition) is 0. The predicted octanol–water partition coefficient (Wildman–Crippen LogP) is 2.52. The van der Waals surface area contributed by atoms with Crippen LogP contribution in [0.1, 0.15) is 35.6 Å². The first-order valence-corrected chi connectivity index (χ1v) is 7.97. The third kappa shape index (κ3) is 3.09. The van der Waals surface area contributed by atoms with Crippen LogP contribution in [-0.4, -0.2) is 37.4 Å². The number of halogens is 1. The van der Waals surface area contributed by atoms with Gasteiger partial charge in [0.05, 0.1) is 15.9 Å². The number of aryl methyl sites for hydroxylation is 3. The zero-order valence-corrected chi connectivity index (χ0v) is 15.5. The molecule has 22 heavy (non-hydrogen) atoms. The number of likely N-dealkylation sites (N-methyl/N-ethyl adjacent to an activating group) is 1. The molecule has 0 aliphatic rings. The van der Waals surface area contributed by atoms with Crippen LogP contribution in [0, 0.1) is 20.8 Å². The molecule has 120 valence electrons. The van der Waals surface area contributed by atoms with Crippen LogP contribution in [0.15, 0.2) is 10.7 Å². The summed E-state index contributed by atoms with van der Waals surface area (Å²) in [5, 5.41) is 8.76. The summed E-state index contributed by atoms with van der Waals surface area (Å²) in [6.45, 7) is 8.31. The fraction of sp³-hybridized carbons (Fsp3) is 0.533. The Bertz CT molecular complexity index is 684. The van der Waals surface area contributed by atoms with Crippen molar-refractivity contribution in [2.24, 2.45) is 7.05 Å². The van der Waals surface area contributed by atoms with Crippen molar-refractivity contribution < 1.29 is 4.79 Å². The normalized spacial score (nSPS) is 12.5. The van der Waals surface area contributed by atoms with Crippen LogP contribution in [-0.2, 0) is 18.4 Å². The van der Waals surface area contributed by atoms with Gasteiger partial charge in [-0.05, 0) is 43.6 Å². The Morgan fingerprint density at radius 3 is 2.41 bits per heavy atom. The van der Waals surface area contributed by atoms with E-state index in [0.29, 0.717) is 6.54 Å². The average Bonchev–Trinajstić information content (AvgIpc) is 2.91. The first-order chi connectivity index (χ1) is 10.2. The van der Waals surface area contributed by atoms with Gasteiger partial charge in [-0.25, -0.2) is 0 Å². The van der Waals surface area contributed by atoms with Gasteiger partial charge in [0.2, 0.25) is 5.91 Å². The Kier molecular flexibility index (Phi) is 4.75. The van der Waals surface area contributed by atoms with Gasteiger partial charge in [-0.2, -0.15) is 10.2 Å².